The molecule has 0 heterocycles. The molecular formula is C3H10O6S. The smallest absolute Gasteiger partial charge is 0.179 e. The van der Waals surface area contributed by atoms with Gasteiger partial charge in [-0.05, 0) is 0 Å². The van der Waals surface area contributed by atoms with Gasteiger partial charge < -0.3 is 10.2 Å². The van der Waals surface area contributed by atoms with Gasteiger partial charge in [0.15, 0.2) is 10.8 Å². The molecule has 0 spiro atoms. The normalized spacial score (nSPS) is 16.8. The molecule has 4 N–H and O–H groups in total. The fourth-order valence-corrected chi connectivity index (χ4v) is 0.602. The van der Waals surface area contributed by atoms with Crippen molar-refractivity contribution >= 4 is 10.8 Å². The zero-order valence-electron chi connectivity index (χ0n) is 5.04. The van der Waals surface area contributed by atoms with Crippen molar-refractivity contribution in [2.75, 3.05) is 13.2 Å². The summed E-state index contributed by atoms with van der Waals surface area (Å²) >= 11 is 0. The van der Waals surface area contributed by atoms with Gasteiger partial charge in [0.05, 0.1) is 13.2 Å². The molecule has 0 radical (unpaired) electrons. The van der Waals surface area contributed by atoms with Crippen LogP contribution in [0.1, 0.15) is 0 Å². The van der Waals surface area contributed by atoms with Crippen LogP contribution in [0.3, 0.4) is 0 Å². The van der Waals surface area contributed by atoms with Crippen molar-refractivity contribution in [3.05, 3.63) is 0 Å². The number of aliphatic hydroxyl groups is 2. The van der Waals surface area contributed by atoms with Gasteiger partial charge in [-0.3, -0.25) is 13.3 Å². The predicted octanol–water partition coefficient (Wildman–Crippen LogP) is -1.77. The Labute approximate surface area is 58.7 Å². The quantitative estimate of drug-likeness (QED) is 0.323. The lowest BCUT2D eigenvalue weighted by molar-refractivity contribution is 0.0474. The molecule has 0 aliphatic rings. The van der Waals surface area contributed by atoms with Gasteiger partial charge >= 0.3 is 0 Å². The number of hydrogen-bond acceptors (Lipinski definition) is 4. The monoisotopic (exact) mass is 174 g/mol. The maximum absolute atomic E-state index is 9.93. The highest BCUT2D eigenvalue weighted by molar-refractivity contribution is 7.87. The van der Waals surface area contributed by atoms with Crippen molar-refractivity contribution < 1.29 is 27.7 Å². The van der Waals surface area contributed by atoms with E-state index in [4.69, 9.17) is 19.3 Å². The van der Waals surface area contributed by atoms with Crippen molar-refractivity contribution in [2.24, 2.45) is 0 Å². The van der Waals surface area contributed by atoms with Gasteiger partial charge in [-0.15, -0.1) is 0 Å². The molecule has 10 heavy (non-hydrogen) atoms. The molecule has 0 aromatic carbocycles. The lowest BCUT2D eigenvalue weighted by Gasteiger charge is -2.12. The van der Waals surface area contributed by atoms with Gasteiger partial charge in [-0.25, -0.2) is 4.21 Å². The van der Waals surface area contributed by atoms with E-state index in [9.17, 15) is 4.21 Å². The highest BCUT2D eigenvalue weighted by atomic mass is 32.3. The van der Waals surface area contributed by atoms with E-state index in [1.807, 2.05) is 0 Å². The first kappa shape index (κ1) is 9.95. The summed E-state index contributed by atoms with van der Waals surface area (Å²) in [7, 11) is -4.50. The van der Waals surface area contributed by atoms with Gasteiger partial charge in [-0.2, -0.15) is 0 Å². The van der Waals surface area contributed by atoms with Crippen LogP contribution in [0, 0.1) is 0 Å². The molecule has 0 aromatic rings. The summed E-state index contributed by atoms with van der Waals surface area (Å²) in [6.07, 6.45) is -1.24. The maximum atomic E-state index is 9.93. The highest BCUT2D eigenvalue weighted by Gasteiger charge is 2.07. The molecule has 1 unspecified atom stereocenters. The third-order valence-corrected chi connectivity index (χ3v) is 1.13. The predicted molar refractivity (Wildman–Crippen MR) is 33.8 cm³/mol. The summed E-state index contributed by atoms with van der Waals surface area (Å²) in [5.41, 5.74) is 0. The third kappa shape index (κ3) is 6.08. The lowest BCUT2D eigenvalue weighted by atomic mass is 10.4. The second-order valence-corrected chi connectivity index (χ2v) is 2.86. The number of rotatable bonds is 4. The zero-order chi connectivity index (χ0) is 8.20. The van der Waals surface area contributed by atoms with E-state index >= 15 is 0 Å². The second kappa shape index (κ2) is 3.96. The van der Waals surface area contributed by atoms with Gasteiger partial charge in [0.2, 0.25) is 0 Å². The van der Waals surface area contributed by atoms with E-state index in [1.54, 1.807) is 0 Å². The van der Waals surface area contributed by atoms with Crippen molar-refractivity contribution in [1.82, 2.24) is 0 Å². The lowest BCUT2D eigenvalue weighted by Crippen LogP contribution is -2.24. The standard InChI is InChI=1S/C3H10O6S/c4-1-3(5)2-9-10(6,7)8/h3-5,10H,1-2H2,(H2,6,7,8). The first-order valence-electron chi connectivity index (χ1n) is 2.44. The molecule has 0 fully saturated rings. The van der Waals surface area contributed by atoms with Gasteiger partial charge in [0.25, 0.3) is 0 Å². The van der Waals surface area contributed by atoms with Crippen LogP contribution in [-0.4, -0.2) is 42.8 Å². The molecule has 0 aromatic heterocycles. The Balaban J connectivity index is 3.46. The van der Waals surface area contributed by atoms with E-state index in [2.05, 4.69) is 4.18 Å². The Morgan fingerprint density at radius 1 is 1.50 bits per heavy atom. The zero-order valence-corrected chi connectivity index (χ0v) is 5.94. The molecule has 0 bridgehead atoms. The SMILES string of the molecule is O=[SH](O)(O)OCC(O)CO. The van der Waals surface area contributed by atoms with Gasteiger partial charge in [0.1, 0.15) is 6.10 Å². The molecule has 1 atom stereocenters. The minimum absolute atomic E-state index is 0.569. The van der Waals surface area contributed by atoms with E-state index in [1.165, 1.54) is 0 Å². The van der Waals surface area contributed by atoms with Crippen LogP contribution in [0.15, 0.2) is 0 Å². The summed E-state index contributed by atoms with van der Waals surface area (Å²) in [4.78, 5) is 0. The Kier molecular flexibility index (Phi) is 3.94. The van der Waals surface area contributed by atoms with Crippen LogP contribution in [0.2, 0.25) is 0 Å². The van der Waals surface area contributed by atoms with E-state index in [0.717, 1.165) is 0 Å². The summed E-state index contributed by atoms with van der Waals surface area (Å²) in [5, 5.41) is 16.7. The summed E-state index contributed by atoms with van der Waals surface area (Å²) in [6.45, 7) is -1.15. The van der Waals surface area contributed by atoms with Crippen molar-refractivity contribution in [2.45, 2.75) is 6.10 Å². The largest absolute Gasteiger partial charge is 0.394 e. The van der Waals surface area contributed by atoms with Crippen molar-refractivity contribution in [1.29, 1.82) is 0 Å². The fourth-order valence-electron chi connectivity index (χ4n) is 0.236. The molecule has 0 rings (SSSR count). The average molecular weight is 174 g/mol. The summed E-state index contributed by atoms with van der Waals surface area (Å²) in [6, 6.07) is 0. The average Bonchev–Trinajstić information content (AvgIpc) is 1.81. The van der Waals surface area contributed by atoms with Crippen molar-refractivity contribution in [3.8, 4) is 0 Å². The first-order chi connectivity index (χ1) is 4.45. The maximum Gasteiger partial charge on any atom is 0.179 e. The Bertz CT molecular complexity index is 129. The van der Waals surface area contributed by atoms with E-state index < -0.39 is 30.1 Å². The number of hydrogen-bond donors (Lipinski definition) is 5. The number of thiol groups is 1. The van der Waals surface area contributed by atoms with E-state index in [0.29, 0.717) is 0 Å². The first-order valence-corrected chi connectivity index (χ1v) is 3.98. The number of aliphatic hydroxyl groups excluding tert-OH is 2. The summed E-state index contributed by atoms with van der Waals surface area (Å²) in [5.74, 6) is 0. The van der Waals surface area contributed by atoms with Crippen LogP contribution in [0.4, 0.5) is 0 Å². The Hall–Kier alpha value is -0.0500. The molecule has 0 saturated heterocycles. The van der Waals surface area contributed by atoms with Crippen LogP contribution < -0.4 is 0 Å². The Morgan fingerprint density at radius 2 is 2.00 bits per heavy atom. The minimum Gasteiger partial charge on any atom is -0.394 e. The second-order valence-electron chi connectivity index (χ2n) is 1.62. The van der Waals surface area contributed by atoms with E-state index in [-0.39, 0.29) is 0 Å². The molecule has 6 nitrogen and oxygen atoms in total. The molecular weight excluding hydrogens is 164 g/mol. The molecule has 0 amide bonds. The molecule has 0 aliphatic heterocycles. The molecule has 0 aliphatic carbocycles. The molecule has 64 valence electrons. The van der Waals surface area contributed by atoms with Gasteiger partial charge in [-0.1, -0.05) is 0 Å². The van der Waals surface area contributed by atoms with Crippen LogP contribution in [0.25, 0.3) is 0 Å². The van der Waals surface area contributed by atoms with Crippen LogP contribution >= 0.6 is 0 Å². The third-order valence-electron chi connectivity index (χ3n) is 0.646. The van der Waals surface area contributed by atoms with Crippen LogP contribution in [-0.2, 0) is 15.0 Å². The van der Waals surface area contributed by atoms with Gasteiger partial charge in [0, 0.05) is 0 Å². The van der Waals surface area contributed by atoms with Crippen molar-refractivity contribution in [3.63, 3.8) is 0 Å². The Morgan fingerprint density at radius 3 is 2.30 bits per heavy atom. The molecule has 0 saturated carbocycles. The summed E-state index contributed by atoms with van der Waals surface area (Å²) < 4.78 is 29.9. The fraction of sp³-hybridized carbons (Fsp3) is 1.00. The topological polar surface area (TPSA) is 107 Å². The molecule has 7 heteroatoms. The minimum atomic E-state index is -4.50. The highest BCUT2D eigenvalue weighted by Crippen LogP contribution is 1.95. The van der Waals surface area contributed by atoms with Crippen LogP contribution in [0.5, 0.6) is 0 Å².